The summed E-state index contributed by atoms with van der Waals surface area (Å²) >= 11 is 6.42. The van der Waals surface area contributed by atoms with Crippen molar-refractivity contribution in [3.63, 3.8) is 0 Å². The normalized spacial score (nSPS) is 11.7. The Hall–Kier alpha value is -6.20. The Morgan fingerprint density at radius 3 is 2.15 bits per heavy atom. The van der Waals surface area contributed by atoms with E-state index in [-0.39, 0.29) is 16.1 Å². The van der Waals surface area contributed by atoms with Crippen molar-refractivity contribution in [2.45, 2.75) is 58.8 Å². The van der Waals surface area contributed by atoms with E-state index in [1.165, 1.54) is 18.3 Å². The van der Waals surface area contributed by atoms with Gasteiger partial charge in [0.2, 0.25) is 0 Å². The first kappa shape index (κ1) is 38.6. The summed E-state index contributed by atoms with van der Waals surface area (Å²) in [4.78, 5) is 70.2. The predicted octanol–water partition coefficient (Wildman–Crippen LogP) is 5.23. The molecule has 0 aliphatic rings. The minimum absolute atomic E-state index is 0.161. The van der Waals surface area contributed by atoms with Crippen molar-refractivity contribution >= 4 is 52.5 Å². The van der Waals surface area contributed by atoms with Crippen LogP contribution in [0.5, 0.6) is 0 Å². The van der Waals surface area contributed by atoms with Crippen molar-refractivity contribution < 1.29 is 38.6 Å². The molecule has 4 rings (SSSR count). The Morgan fingerprint density at radius 1 is 0.846 bits per heavy atom. The molecule has 0 bridgehead atoms. The van der Waals surface area contributed by atoms with Gasteiger partial charge in [-0.3, -0.25) is 20.0 Å². The lowest BCUT2D eigenvalue weighted by molar-refractivity contribution is -0.139. The quantitative estimate of drug-likeness (QED) is 0.124. The van der Waals surface area contributed by atoms with Crippen LogP contribution in [-0.4, -0.2) is 68.8 Å². The van der Waals surface area contributed by atoms with Crippen molar-refractivity contribution in [3.05, 3.63) is 94.3 Å². The Labute approximate surface area is 304 Å². The van der Waals surface area contributed by atoms with Crippen LogP contribution in [0, 0.1) is 11.8 Å². The van der Waals surface area contributed by atoms with E-state index in [2.05, 4.69) is 43.3 Å². The number of nitrogens with zero attached hydrogens (tertiary/aromatic N) is 2. The van der Waals surface area contributed by atoms with Gasteiger partial charge in [-0.2, -0.15) is 0 Å². The maximum absolute atomic E-state index is 13.1. The third kappa shape index (κ3) is 11.2. The molecule has 1 unspecified atom stereocenters. The lowest BCUT2D eigenvalue weighted by Crippen LogP contribution is -2.49. The van der Waals surface area contributed by atoms with Gasteiger partial charge < -0.3 is 25.2 Å². The van der Waals surface area contributed by atoms with E-state index < -0.39 is 53.8 Å². The summed E-state index contributed by atoms with van der Waals surface area (Å²) < 4.78 is 10.3. The molecule has 4 aromatic rings. The maximum atomic E-state index is 13.1. The van der Waals surface area contributed by atoms with Crippen LogP contribution in [0.15, 0.2) is 67.0 Å². The number of ether oxygens (including phenoxy) is 2. The number of carboxylic acid groups (broad SMARTS) is 1. The van der Waals surface area contributed by atoms with Gasteiger partial charge >= 0.3 is 18.2 Å². The van der Waals surface area contributed by atoms with Crippen LogP contribution in [0.25, 0.3) is 22.2 Å². The summed E-state index contributed by atoms with van der Waals surface area (Å²) in [5.74, 6) is 3.45. The summed E-state index contributed by atoms with van der Waals surface area (Å²) in [5, 5.41) is 14.8. The molecular weight excluding hydrogens is 692 g/mol. The Morgan fingerprint density at radius 2 is 1.52 bits per heavy atom. The Balaban J connectivity index is 1.44. The molecule has 4 amide bonds. The number of amides is 4. The second-order valence-corrected chi connectivity index (χ2v) is 13.7. The highest BCUT2D eigenvalue weighted by atomic mass is 35.5. The number of carbonyl (C=O) groups is 5. The van der Waals surface area contributed by atoms with Crippen LogP contribution in [0.3, 0.4) is 0 Å². The molecule has 0 radical (unpaired) electrons. The number of aromatic nitrogens is 2. The second kappa shape index (κ2) is 16.2. The topological polar surface area (TPSA) is 198 Å². The molecule has 0 aliphatic carbocycles. The van der Waals surface area contributed by atoms with Crippen molar-refractivity contribution in [2.75, 3.05) is 6.54 Å². The molecule has 0 spiro atoms. The first-order chi connectivity index (χ1) is 24.4. The van der Waals surface area contributed by atoms with Gasteiger partial charge in [-0.1, -0.05) is 35.6 Å². The van der Waals surface area contributed by atoms with E-state index in [0.29, 0.717) is 33.3 Å². The van der Waals surface area contributed by atoms with Crippen LogP contribution in [0.2, 0.25) is 5.02 Å². The number of carboxylic acids is 1. The number of fused-ring (bicyclic) bond motifs is 1. The first-order valence-electron chi connectivity index (χ1n) is 15.8. The zero-order valence-corrected chi connectivity index (χ0v) is 30.0. The third-order valence-electron chi connectivity index (χ3n) is 6.74. The zero-order valence-electron chi connectivity index (χ0n) is 29.2. The molecule has 52 heavy (non-hydrogen) atoms. The third-order valence-corrected chi connectivity index (χ3v) is 7.05. The highest BCUT2D eigenvalue weighted by molar-refractivity contribution is 6.32. The van der Waals surface area contributed by atoms with Crippen LogP contribution in [0.4, 0.5) is 9.59 Å². The SMILES string of the molecule is CC(C)(C)OC(=O)NNC(=O)c1cc(-c2ccc(C#Cc3ccc(C(=O)NCC(NC(=O)OC(C)(C)C)C(=O)O)cc3Cl)cc2)nc2ccncc12. The number of pyridine rings is 2. The smallest absolute Gasteiger partial charge is 0.426 e. The van der Waals surface area contributed by atoms with Gasteiger partial charge in [0.05, 0.1) is 21.8 Å². The number of halogens is 1. The van der Waals surface area contributed by atoms with Crippen LogP contribution < -0.4 is 21.5 Å². The van der Waals surface area contributed by atoms with E-state index in [4.69, 9.17) is 21.1 Å². The van der Waals surface area contributed by atoms with E-state index in [1.807, 2.05) is 0 Å². The molecule has 0 fully saturated rings. The average Bonchev–Trinajstić information content (AvgIpc) is 3.06. The fraction of sp³-hybridized carbons (Fsp3) is 0.270. The number of hydrogen-bond donors (Lipinski definition) is 5. The number of aliphatic carboxylic acids is 1. The number of rotatable bonds is 7. The lowest BCUT2D eigenvalue weighted by Gasteiger charge is -2.22. The van der Waals surface area contributed by atoms with Crippen molar-refractivity contribution in [3.8, 4) is 23.1 Å². The monoisotopic (exact) mass is 728 g/mol. The number of hydrazine groups is 1. The fourth-order valence-electron chi connectivity index (χ4n) is 4.45. The molecule has 270 valence electrons. The second-order valence-electron chi connectivity index (χ2n) is 13.3. The summed E-state index contributed by atoms with van der Waals surface area (Å²) in [6.45, 7) is 9.63. The van der Waals surface area contributed by atoms with Crippen LogP contribution in [0.1, 0.15) is 73.4 Å². The number of alkyl carbamates (subject to hydrolysis) is 1. The summed E-state index contributed by atoms with van der Waals surface area (Å²) in [7, 11) is 0. The number of benzene rings is 2. The average molecular weight is 729 g/mol. The molecule has 1 atom stereocenters. The number of hydrogen-bond acceptors (Lipinski definition) is 9. The van der Waals surface area contributed by atoms with Crippen molar-refractivity contribution in [1.82, 2.24) is 31.5 Å². The highest BCUT2D eigenvalue weighted by Gasteiger charge is 2.25. The fourth-order valence-corrected chi connectivity index (χ4v) is 4.68. The molecule has 0 aliphatic heterocycles. The van der Waals surface area contributed by atoms with Crippen molar-refractivity contribution in [1.29, 1.82) is 0 Å². The summed E-state index contributed by atoms with van der Waals surface area (Å²) in [5.41, 5.74) is 6.23. The zero-order chi connectivity index (χ0) is 38.2. The number of carbonyl (C=O) groups excluding carboxylic acids is 4. The van der Waals surface area contributed by atoms with Gasteiger partial charge in [0.1, 0.15) is 17.2 Å². The lowest BCUT2D eigenvalue weighted by atomic mass is 10.0. The predicted molar refractivity (Wildman–Crippen MR) is 192 cm³/mol. The molecule has 0 saturated heterocycles. The van der Waals surface area contributed by atoms with Gasteiger partial charge in [-0.25, -0.2) is 24.8 Å². The van der Waals surface area contributed by atoms with Crippen molar-refractivity contribution in [2.24, 2.45) is 0 Å². The van der Waals surface area contributed by atoms with Gasteiger partial charge in [0.25, 0.3) is 11.8 Å². The maximum Gasteiger partial charge on any atom is 0.426 e. The van der Waals surface area contributed by atoms with Gasteiger partial charge in [-0.15, -0.1) is 0 Å². The molecule has 2 aromatic carbocycles. The molecule has 2 heterocycles. The van der Waals surface area contributed by atoms with Gasteiger partial charge in [-0.05, 0) is 84.0 Å². The molecule has 0 saturated carbocycles. The highest BCUT2D eigenvalue weighted by Crippen LogP contribution is 2.25. The van der Waals surface area contributed by atoms with E-state index in [1.54, 1.807) is 90.2 Å². The first-order valence-corrected chi connectivity index (χ1v) is 16.2. The Bertz CT molecular complexity index is 2080. The van der Waals surface area contributed by atoms with E-state index >= 15 is 0 Å². The Kier molecular flexibility index (Phi) is 12.0. The minimum Gasteiger partial charge on any atom is -0.480 e. The molecule has 14 nitrogen and oxygen atoms in total. The van der Waals surface area contributed by atoms with Gasteiger partial charge in [0.15, 0.2) is 0 Å². The summed E-state index contributed by atoms with van der Waals surface area (Å²) in [6.07, 6.45) is 1.33. The van der Waals surface area contributed by atoms with Gasteiger partial charge in [0, 0.05) is 46.6 Å². The summed E-state index contributed by atoms with van der Waals surface area (Å²) in [6, 6.07) is 13.4. The number of nitrogens with one attached hydrogen (secondary N) is 4. The van der Waals surface area contributed by atoms with Crippen LogP contribution >= 0.6 is 11.6 Å². The standard InChI is InChI=1S/C37H37ClN6O8/c1-36(2,3)51-34(49)42-30(33(47)48)20-40-31(45)24-14-13-22(27(38)17-24)10-7-21-8-11-23(12-9-21)29-18-25(26-19-39-16-15-28(26)41-29)32(46)43-44-35(50)52-37(4,5)6/h8-9,11-19,30H,20H2,1-6H3,(H,40,45)(H,42,49)(H,43,46)(H,44,50)(H,47,48). The molecule has 5 N–H and O–H groups in total. The van der Waals surface area contributed by atoms with Crippen LogP contribution in [-0.2, 0) is 14.3 Å². The molecule has 15 heteroatoms. The minimum atomic E-state index is -1.42. The van der Waals surface area contributed by atoms with E-state index in [0.717, 1.165) is 0 Å². The molecular formula is C37H37ClN6O8. The largest absolute Gasteiger partial charge is 0.480 e. The van der Waals surface area contributed by atoms with E-state index in [9.17, 15) is 29.1 Å². The molecule has 2 aromatic heterocycles.